The van der Waals surface area contributed by atoms with E-state index in [4.69, 9.17) is 10.2 Å². The highest BCUT2D eigenvalue weighted by Crippen LogP contribution is 2.54. The van der Waals surface area contributed by atoms with Gasteiger partial charge in [0.25, 0.3) is 0 Å². The maximum atomic E-state index is 11.5. The van der Waals surface area contributed by atoms with Crippen LogP contribution in [0.1, 0.15) is 19.3 Å². The second kappa shape index (κ2) is 3.87. The van der Waals surface area contributed by atoms with Crippen molar-refractivity contribution in [2.24, 2.45) is 17.8 Å². The SMILES string of the molecule is O=C(NCC(O)CO)C1CC2CC2C1. The van der Waals surface area contributed by atoms with Gasteiger partial charge in [0.05, 0.1) is 12.7 Å². The zero-order chi connectivity index (χ0) is 10.1. The van der Waals surface area contributed by atoms with E-state index in [-0.39, 0.29) is 25.0 Å². The van der Waals surface area contributed by atoms with E-state index in [1.807, 2.05) is 0 Å². The molecule has 1 amide bonds. The van der Waals surface area contributed by atoms with E-state index in [0.29, 0.717) is 0 Å². The number of carbonyl (C=O) groups excluding carboxylic acids is 1. The van der Waals surface area contributed by atoms with Gasteiger partial charge in [-0.15, -0.1) is 0 Å². The Morgan fingerprint density at radius 3 is 2.57 bits per heavy atom. The first kappa shape index (κ1) is 9.93. The molecule has 0 radical (unpaired) electrons. The molecule has 14 heavy (non-hydrogen) atoms. The lowest BCUT2D eigenvalue weighted by Crippen LogP contribution is -2.37. The lowest BCUT2D eigenvalue weighted by molar-refractivity contribution is -0.125. The van der Waals surface area contributed by atoms with Gasteiger partial charge in [0.15, 0.2) is 0 Å². The van der Waals surface area contributed by atoms with Gasteiger partial charge in [-0.25, -0.2) is 0 Å². The third-order valence-electron chi connectivity index (χ3n) is 3.34. The van der Waals surface area contributed by atoms with Gasteiger partial charge in [-0.05, 0) is 31.1 Å². The first-order valence-corrected chi connectivity index (χ1v) is 5.27. The van der Waals surface area contributed by atoms with Crippen LogP contribution in [0.3, 0.4) is 0 Å². The van der Waals surface area contributed by atoms with Crippen LogP contribution in [0, 0.1) is 17.8 Å². The van der Waals surface area contributed by atoms with Gasteiger partial charge < -0.3 is 15.5 Å². The van der Waals surface area contributed by atoms with Crippen LogP contribution < -0.4 is 5.32 Å². The number of carbonyl (C=O) groups is 1. The Morgan fingerprint density at radius 2 is 2.00 bits per heavy atom. The molecular weight excluding hydrogens is 182 g/mol. The van der Waals surface area contributed by atoms with Crippen molar-refractivity contribution in [3.05, 3.63) is 0 Å². The Hall–Kier alpha value is -0.610. The molecule has 80 valence electrons. The summed E-state index contributed by atoms with van der Waals surface area (Å²) in [6.07, 6.45) is 2.52. The summed E-state index contributed by atoms with van der Waals surface area (Å²) in [5.74, 6) is 1.80. The van der Waals surface area contributed by atoms with Crippen LogP contribution in [-0.2, 0) is 4.79 Å². The van der Waals surface area contributed by atoms with Crippen LogP contribution in [0.25, 0.3) is 0 Å². The number of hydrogen-bond donors (Lipinski definition) is 3. The summed E-state index contributed by atoms with van der Waals surface area (Å²) in [6, 6.07) is 0. The van der Waals surface area contributed by atoms with Crippen LogP contribution in [0.5, 0.6) is 0 Å². The maximum Gasteiger partial charge on any atom is 0.223 e. The topological polar surface area (TPSA) is 69.6 Å². The minimum absolute atomic E-state index is 0.0460. The molecule has 3 unspecified atom stereocenters. The highest BCUT2D eigenvalue weighted by molar-refractivity contribution is 5.79. The molecule has 0 saturated heterocycles. The van der Waals surface area contributed by atoms with Crippen molar-refractivity contribution in [2.45, 2.75) is 25.4 Å². The minimum Gasteiger partial charge on any atom is -0.394 e. The first-order chi connectivity index (χ1) is 6.70. The molecule has 4 nitrogen and oxygen atoms in total. The van der Waals surface area contributed by atoms with Crippen LogP contribution in [0.2, 0.25) is 0 Å². The van der Waals surface area contributed by atoms with Crippen LogP contribution in [0.15, 0.2) is 0 Å². The Morgan fingerprint density at radius 1 is 1.36 bits per heavy atom. The van der Waals surface area contributed by atoms with Gasteiger partial charge >= 0.3 is 0 Å². The lowest BCUT2D eigenvalue weighted by atomic mass is 10.0. The molecule has 2 aliphatic rings. The van der Waals surface area contributed by atoms with Crippen molar-refractivity contribution in [3.63, 3.8) is 0 Å². The van der Waals surface area contributed by atoms with Crippen LogP contribution >= 0.6 is 0 Å². The lowest BCUT2D eigenvalue weighted by Gasteiger charge is -2.13. The van der Waals surface area contributed by atoms with E-state index in [1.165, 1.54) is 6.42 Å². The van der Waals surface area contributed by atoms with Gasteiger partial charge in [-0.3, -0.25) is 4.79 Å². The summed E-state index contributed by atoms with van der Waals surface area (Å²) >= 11 is 0. The number of amides is 1. The smallest absolute Gasteiger partial charge is 0.223 e. The third-order valence-corrected chi connectivity index (χ3v) is 3.34. The molecule has 2 aliphatic carbocycles. The predicted octanol–water partition coefficient (Wildman–Crippen LogP) is -0.498. The average Bonchev–Trinajstić information content (AvgIpc) is 2.81. The average molecular weight is 199 g/mol. The normalized spacial score (nSPS) is 36.3. The number of aliphatic hydroxyl groups excluding tert-OH is 2. The van der Waals surface area contributed by atoms with Crippen molar-refractivity contribution in [1.29, 1.82) is 0 Å². The summed E-state index contributed by atoms with van der Waals surface area (Å²) in [7, 11) is 0. The minimum atomic E-state index is -0.824. The predicted molar refractivity (Wildman–Crippen MR) is 50.4 cm³/mol. The van der Waals surface area contributed by atoms with Crippen molar-refractivity contribution < 1.29 is 15.0 Å². The number of rotatable bonds is 4. The van der Waals surface area contributed by atoms with E-state index >= 15 is 0 Å². The standard InChI is InChI=1S/C10H17NO3/c12-5-9(13)4-11-10(14)8-2-6-1-7(6)3-8/h6-9,12-13H,1-5H2,(H,11,14). The quantitative estimate of drug-likeness (QED) is 0.572. The summed E-state index contributed by atoms with van der Waals surface area (Å²) in [6.45, 7) is -0.128. The zero-order valence-corrected chi connectivity index (χ0v) is 8.15. The molecular formula is C10H17NO3. The van der Waals surface area contributed by atoms with Gasteiger partial charge in [0, 0.05) is 12.5 Å². The monoisotopic (exact) mass is 199 g/mol. The fourth-order valence-electron chi connectivity index (χ4n) is 2.36. The van der Waals surface area contributed by atoms with E-state index in [1.54, 1.807) is 0 Å². The number of fused-ring (bicyclic) bond motifs is 1. The highest BCUT2D eigenvalue weighted by atomic mass is 16.3. The second-order valence-electron chi connectivity index (χ2n) is 4.51. The Kier molecular flexibility index (Phi) is 2.74. The van der Waals surface area contributed by atoms with E-state index in [9.17, 15) is 4.79 Å². The zero-order valence-electron chi connectivity index (χ0n) is 8.15. The van der Waals surface area contributed by atoms with Crippen molar-refractivity contribution in [3.8, 4) is 0 Å². The molecule has 2 fully saturated rings. The molecule has 3 atom stereocenters. The maximum absolute atomic E-state index is 11.5. The van der Waals surface area contributed by atoms with Gasteiger partial charge in [-0.1, -0.05) is 0 Å². The fraction of sp³-hybridized carbons (Fsp3) is 0.900. The molecule has 0 aromatic rings. The summed E-state index contributed by atoms with van der Waals surface area (Å²) < 4.78 is 0. The van der Waals surface area contributed by atoms with E-state index in [2.05, 4.69) is 5.32 Å². The van der Waals surface area contributed by atoms with Crippen molar-refractivity contribution in [1.82, 2.24) is 5.32 Å². The largest absolute Gasteiger partial charge is 0.394 e. The molecule has 2 rings (SSSR count). The second-order valence-corrected chi connectivity index (χ2v) is 4.51. The number of nitrogens with one attached hydrogen (secondary N) is 1. The van der Waals surface area contributed by atoms with Crippen molar-refractivity contribution in [2.75, 3.05) is 13.2 Å². The molecule has 0 aliphatic heterocycles. The molecule has 2 saturated carbocycles. The summed E-state index contributed by atoms with van der Waals surface area (Å²) in [5.41, 5.74) is 0. The Balaban J connectivity index is 1.68. The molecule has 0 bridgehead atoms. The fourth-order valence-corrected chi connectivity index (χ4v) is 2.36. The van der Waals surface area contributed by atoms with Crippen LogP contribution in [0.4, 0.5) is 0 Å². The van der Waals surface area contributed by atoms with Gasteiger partial charge in [0.2, 0.25) is 5.91 Å². The summed E-state index contributed by atoms with van der Waals surface area (Å²) in [4.78, 5) is 11.5. The van der Waals surface area contributed by atoms with Gasteiger partial charge in [0.1, 0.15) is 0 Å². The molecule has 4 heteroatoms. The molecule has 0 aromatic carbocycles. The molecule has 3 N–H and O–H groups in total. The number of aliphatic hydroxyl groups is 2. The van der Waals surface area contributed by atoms with Crippen molar-refractivity contribution >= 4 is 5.91 Å². The Bertz CT molecular complexity index is 221. The van der Waals surface area contributed by atoms with Gasteiger partial charge in [-0.2, -0.15) is 0 Å². The van der Waals surface area contributed by atoms with E-state index in [0.717, 1.165) is 24.7 Å². The molecule has 0 heterocycles. The number of hydrogen-bond acceptors (Lipinski definition) is 3. The highest BCUT2D eigenvalue weighted by Gasteiger charge is 2.47. The van der Waals surface area contributed by atoms with Crippen LogP contribution in [-0.4, -0.2) is 35.4 Å². The molecule has 0 spiro atoms. The van der Waals surface area contributed by atoms with E-state index < -0.39 is 6.10 Å². The first-order valence-electron chi connectivity index (χ1n) is 5.27. The third kappa shape index (κ3) is 2.07. The Labute approximate surface area is 83.3 Å². The molecule has 0 aromatic heterocycles. The summed E-state index contributed by atoms with van der Waals surface area (Å²) in [5, 5.41) is 20.3.